The van der Waals surface area contributed by atoms with Gasteiger partial charge in [0.1, 0.15) is 0 Å². The number of aromatic nitrogens is 2. The molecule has 0 bridgehead atoms. The Morgan fingerprint density at radius 1 is 1.03 bits per heavy atom. The first-order valence-corrected chi connectivity index (χ1v) is 12.4. The second-order valence-electron chi connectivity index (χ2n) is 8.80. The molecule has 2 aliphatic rings. The Morgan fingerprint density at radius 3 is 2.62 bits per heavy atom. The Labute approximate surface area is 202 Å². The van der Waals surface area contributed by atoms with Crippen molar-refractivity contribution in [3.05, 3.63) is 69.7 Å². The van der Waals surface area contributed by atoms with Crippen molar-refractivity contribution in [3.63, 3.8) is 0 Å². The predicted octanol–water partition coefficient (Wildman–Crippen LogP) is 3.17. The number of nitrogens with zero attached hydrogens (tertiary/aromatic N) is 4. The van der Waals surface area contributed by atoms with E-state index >= 15 is 0 Å². The van der Waals surface area contributed by atoms with Crippen molar-refractivity contribution < 1.29 is 14.4 Å². The van der Waals surface area contributed by atoms with Crippen LogP contribution in [0.3, 0.4) is 0 Å². The van der Waals surface area contributed by atoms with Gasteiger partial charge in [0.05, 0.1) is 17.3 Å². The van der Waals surface area contributed by atoms with Gasteiger partial charge in [0.25, 0.3) is 11.8 Å². The van der Waals surface area contributed by atoms with Crippen LogP contribution in [-0.4, -0.2) is 56.9 Å². The Balaban J connectivity index is 1.31. The standard InChI is InChI=1S/C25H27N5O3S/c1-28-20-11-13-30(24(32)21-10-6-14-34-21)16-19(20)22(27-28)25(33)29-12-5-7-17(15-29)23(31)26-18-8-3-2-4-9-18/h2-4,6,8-10,14,17H,5,7,11-13,15-16H2,1H3,(H,26,31). The normalized spacial score (nSPS) is 17.9. The molecular weight excluding hydrogens is 450 g/mol. The second kappa shape index (κ2) is 9.42. The maximum Gasteiger partial charge on any atom is 0.274 e. The average Bonchev–Trinajstić information content (AvgIpc) is 3.52. The number of hydrogen-bond donors (Lipinski definition) is 1. The van der Waals surface area contributed by atoms with E-state index in [4.69, 9.17) is 0 Å². The zero-order chi connectivity index (χ0) is 23.7. The molecule has 34 heavy (non-hydrogen) atoms. The number of para-hydroxylation sites is 1. The summed E-state index contributed by atoms with van der Waals surface area (Å²) in [5.74, 6) is -0.521. The van der Waals surface area contributed by atoms with E-state index in [0.717, 1.165) is 29.8 Å². The summed E-state index contributed by atoms with van der Waals surface area (Å²) >= 11 is 1.42. The lowest BCUT2D eigenvalue weighted by atomic mass is 9.96. The van der Waals surface area contributed by atoms with Crippen LogP contribution in [0.25, 0.3) is 0 Å². The number of amides is 3. The topological polar surface area (TPSA) is 87.5 Å². The van der Waals surface area contributed by atoms with E-state index in [1.807, 2.05) is 54.9 Å². The SMILES string of the molecule is Cn1nc(C(=O)N2CCCC(C(=O)Nc3ccccc3)C2)c2c1CCN(C(=O)c1cccs1)C2. The Hall–Kier alpha value is -3.46. The fourth-order valence-corrected chi connectivity index (χ4v) is 5.48. The lowest BCUT2D eigenvalue weighted by molar-refractivity contribution is -0.121. The third-order valence-corrected chi connectivity index (χ3v) is 7.44. The van der Waals surface area contributed by atoms with Gasteiger partial charge in [-0.2, -0.15) is 5.10 Å². The molecule has 3 amide bonds. The molecule has 1 fully saturated rings. The van der Waals surface area contributed by atoms with Crippen molar-refractivity contribution >= 4 is 34.7 Å². The number of anilines is 1. The summed E-state index contributed by atoms with van der Waals surface area (Å²) in [5, 5.41) is 9.40. The molecule has 1 atom stereocenters. The molecule has 0 aliphatic carbocycles. The van der Waals surface area contributed by atoms with Gasteiger partial charge in [-0.05, 0) is 36.4 Å². The van der Waals surface area contributed by atoms with Crippen LogP contribution in [0.4, 0.5) is 5.69 Å². The third kappa shape index (κ3) is 4.35. The summed E-state index contributed by atoms with van der Waals surface area (Å²) in [7, 11) is 1.85. The van der Waals surface area contributed by atoms with Gasteiger partial charge in [-0.15, -0.1) is 11.3 Å². The molecule has 1 saturated heterocycles. The minimum absolute atomic E-state index is 0.0153. The van der Waals surface area contributed by atoms with E-state index in [9.17, 15) is 14.4 Å². The molecule has 1 unspecified atom stereocenters. The zero-order valence-electron chi connectivity index (χ0n) is 19.1. The van der Waals surface area contributed by atoms with E-state index < -0.39 is 0 Å². The summed E-state index contributed by atoms with van der Waals surface area (Å²) in [6.07, 6.45) is 2.16. The van der Waals surface area contributed by atoms with E-state index in [1.165, 1.54) is 11.3 Å². The molecule has 3 aromatic rings. The van der Waals surface area contributed by atoms with Crippen LogP contribution >= 0.6 is 11.3 Å². The molecule has 9 heteroatoms. The number of thiophene rings is 1. The smallest absolute Gasteiger partial charge is 0.274 e. The molecule has 4 heterocycles. The number of likely N-dealkylation sites (tertiary alicyclic amines) is 1. The highest BCUT2D eigenvalue weighted by molar-refractivity contribution is 7.12. The summed E-state index contributed by atoms with van der Waals surface area (Å²) in [4.78, 5) is 43.5. The molecule has 176 valence electrons. The van der Waals surface area contributed by atoms with E-state index in [0.29, 0.717) is 43.2 Å². The number of aryl methyl sites for hydroxylation is 1. The summed E-state index contributed by atoms with van der Waals surface area (Å²) < 4.78 is 1.76. The van der Waals surface area contributed by atoms with Crippen molar-refractivity contribution in [1.82, 2.24) is 19.6 Å². The minimum atomic E-state index is -0.269. The van der Waals surface area contributed by atoms with Crippen LogP contribution in [-0.2, 0) is 24.8 Å². The van der Waals surface area contributed by atoms with Crippen LogP contribution in [0, 0.1) is 5.92 Å². The first-order valence-electron chi connectivity index (χ1n) is 11.5. The van der Waals surface area contributed by atoms with Crippen LogP contribution in [0.5, 0.6) is 0 Å². The van der Waals surface area contributed by atoms with Crippen molar-refractivity contribution in [2.75, 3.05) is 25.0 Å². The van der Waals surface area contributed by atoms with E-state index in [-0.39, 0.29) is 23.6 Å². The third-order valence-electron chi connectivity index (χ3n) is 6.58. The summed E-state index contributed by atoms with van der Waals surface area (Å²) in [6, 6.07) is 13.1. The van der Waals surface area contributed by atoms with E-state index in [1.54, 1.807) is 14.5 Å². The number of rotatable bonds is 4. The quantitative estimate of drug-likeness (QED) is 0.625. The van der Waals surface area contributed by atoms with Crippen LogP contribution in [0.15, 0.2) is 47.8 Å². The Morgan fingerprint density at radius 2 is 1.85 bits per heavy atom. The summed E-state index contributed by atoms with van der Waals surface area (Å²) in [6.45, 7) is 1.92. The number of nitrogens with one attached hydrogen (secondary N) is 1. The molecule has 5 rings (SSSR count). The number of carbonyl (C=O) groups excluding carboxylic acids is 3. The van der Waals surface area contributed by atoms with Gasteiger partial charge >= 0.3 is 0 Å². The molecule has 0 saturated carbocycles. The zero-order valence-corrected chi connectivity index (χ0v) is 19.9. The molecule has 0 radical (unpaired) electrons. The number of carbonyl (C=O) groups is 3. The van der Waals surface area contributed by atoms with Gasteiger partial charge in [0.15, 0.2) is 5.69 Å². The minimum Gasteiger partial charge on any atom is -0.336 e. The van der Waals surface area contributed by atoms with Crippen LogP contribution in [0.2, 0.25) is 0 Å². The lowest BCUT2D eigenvalue weighted by Gasteiger charge is -2.32. The number of hydrogen-bond acceptors (Lipinski definition) is 5. The molecule has 1 aromatic carbocycles. The maximum atomic E-state index is 13.5. The van der Waals surface area contributed by atoms with Gasteiger partial charge in [-0.25, -0.2) is 0 Å². The second-order valence-corrected chi connectivity index (χ2v) is 9.74. The number of benzene rings is 1. The molecule has 2 aromatic heterocycles. The van der Waals surface area contributed by atoms with Crippen LogP contribution in [0.1, 0.15) is 44.3 Å². The van der Waals surface area contributed by atoms with Crippen molar-refractivity contribution in [1.29, 1.82) is 0 Å². The van der Waals surface area contributed by atoms with Crippen molar-refractivity contribution in [2.24, 2.45) is 13.0 Å². The molecular formula is C25H27N5O3S. The highest BCUT2D eigenvalue weighted by atomic mass is 32.1. The number of piperidine rings is 1. The van der Waals surface area contributed by atoms with Gasteiger partial charge < -0.3 is 15.1 Å². The highest BCUT2D eigenvalue weighted by Crippen LogP contribution is 2.27. The van der Waals surface area contributed by atoms with Gasteiger partial charge in [-0.3, -0.25) is 19.1 Å². The average molecular weight is 478 g/mol. The first kappa shape index (κ1) is 22.3. The maximum absolute atomic E-state index is 13.5. The molecule has 8 nitrogen and oxygen atoms in total. The summed E-state index contributed by atoms with van der Waals surface area (Å²) in [5.41, 5.74) is 2.96. The van der Waals surface area contributed by atoms with Crippen LogP contribution < -0.4 is 5.32 Å². The first-order chi connectivity index (χ1) is 16.5. The molecule has 2 aliphatic heterocycles. The predicted molar refractivity (Wildman–Crippen MR) is 130 cm³/mol. The van der Waals surface area contributed by atoms with Gasteiger partial charge in [0, 0.05) is 50.0 Å². The Bertz CT molecular complexity index is 1200. The van der Waals surface area contributed by atoms with Gasteiger partial charge in [0.2, 0.25) is 5.91 Å². The number of fused-ring (bicyclic) bond motifs is 1. The Kier molecular flexibility index (Phi) is 6.19. The fourth-order valence-electron chi connectivity index (χ4n) is 4.78. The van der Waals surface area contributed by atoms with E-state index in [2.05, 4.69) is 10.4 Å². The fraction of sp³-hybridized carbons (Fsp3) is 0.360. The lowest BCUT2D eigenvalue weighted by Crippen LogP contribution is -2.44. The molecule has 0 spiro atoms. The highest BCUT2D eigenvalue weighted by Gasteiger charge is 2.34. The largest absolute Gasteiger partial charge is 0.336 e. The monoisotopic (exact) mass is 477 g/mol. The van der Waals surface area contributed by atoms with Crippen molar-refractivity contribution in [3.8, 4) is 0 Å². The van der Waals surface area contributed by atoms with Crippen molar-refractivity contribution in [2.45, 2.75) is 25.8 Å². The molecule has 1 N–H and O–H groups in total. The van der Waals surface area contributed by atoms with Gasteiger partial charge in [-0.1, -0.05) is 24.3 Å².